The Morgan fingerprint density at radius 1 is 1.31 bits per heavy atom. The molecule has 3 aromatic heterocycles. The molecule has 0 fully saturated rings. The van der Waals surface area contributed by atoms with Crippen molar-refractivity contribution in [1.82, 2.24) is 30.3 Å². The summed E-state index contributed by atoms with van der Waals surface area (Å²) in [6, 6.07) is 3.65. The van der Waals surface area contributed by atoms with E-state index in [1.165, 1.54) is 6.33 Å². The fourth-order valence-electron chi connectivity index (χ4n) is 1.24. The highest BCUT2D eigenvalue weighted by atomic mass is 16.5. The summed E-state index contributed by atoms with van der Waals surface area (Å²) in [5.74, 6) is 1.22. The van der Waals surface area contributed by atoms with Gasteiger partial charge in [-0.1, -0.05) is 5.16 Å². The molecule has 0 aliphatic rings. The molecule has 0 saturated carbocycles. The molecule has 78 valence electrons. The second-order valence-electron chi connectivity index (χ2n) is 3.00. The Balaban J connectivity index is 2.00. The standard InChI is InChI=1S/C9H6N6O/c1-2-6(4-10-3-1)7-13-9(16-15-7)8-11-5-12-14-8/h1-5H,(H,11,12,14). The minimum atomic E-state index is 0.302. The van der Waals surface area contributed by atoms with Gasteiger partial charge in [-0.05, 0) is 12.1 Å². The number of hydrogen-bond donors (Lipinski definition) is 1. The predicted octanol–water partition coefficient (Wildman–Crippen LogP) is 0.917. The van der Waals surface area contributed by atoms with Crippen molar-refractivity contribution in [1.29, 1.82) is 0 Å². The van der Waals surface area contributed by atoms with E-state index in [4.69, 9.17) is 4.52 Å². The van der Waals surface area contributed by atoms with Crippen LogP contribution in [0.15, 0.2) is 35.4 Å². The van der Waals surface area contributed by atoms with Crippen molar-refractivity contribution >= 4 is 0 Å². The molecule has 0 amide bonds. The molecule has 3 aromatic rings. The molecule has 16 heavy (non-hydrogen) atoms. The summed E-state index contributed by atoms with van der Waals surface area (Å²) in [6.45, 7) is 0. The van der Waals surface area contributed by atoms with E-state index >= 15 is 0 Å². The quantitative estimate of drug-likeness (QED) is 0.681. The summed E-state index contributed by atoms with van der Waals surface area (Å²) in [4.78, 5) is 12.1. The lowest BCUT2D eigenvalue weighted by Gasteiger charge is -1.89. The van der Waals surface area contributed by atoms with E-state index in [-0.39, 0.29) is 0 Å². The van der Waals surface area contributed by atoms with Crippen LogP contribution >= 0.6 is 0 Å². The lowest BCUT2D eigenvalue weighted by molar-refractivity contribution is 0.429. The van der Waals surface area contributed by atoms with Crippen molar-refractivity contribution in [3.05, 3.63) is 30.9 Å². The number of nitrogens with one attached hydrogen (secondary N) is 1. The Morgan fingerprint density at radius 3 is 3.06 bits per heavy atom. The molecule has 0 saturated heterocycles. The van der Waals surface area contributed by atoms with Crippen LogP contribution in [0, 0.1) is 0 Å². The van der Waals surface area contributed by atoms with Gasteiger partial charge >= 0.3 is 0 Å². The highest BCUT2D eigenvalue weighted by molar-refractivity contribution is 5.54. The first-order chi connectivity index (χ1) is 7.93. The molecule has 0 spiro atoms. The number of rotatable bonds is 2. The third-order valence-electron chi connectivity index (χ3n) is 1.96. The normalized spacial score (nSPS) is 10.5. The number of nitrogens with zero attached hydrogens (tertiary/aromatic N) is 5. The van der Waals surface area contributed by atoms with Crippen molar-refractivity contribution in [3.63, 3.8) is 0 Å². The molecule has 0 aliphatic heterocycles. The van der Waals surface area contributed by atoms with Crippen LogP contribution in [0.25, 0.3) is 23.1 Å². The topological polar surface area (TPSA) is 93.4 Å². The fourth-order valence-corrected chi connectivity index (χ4v) is 1.24. The molecular formula is C9H6N6O. The average Bonchev–Trinajstić information content (AvgIpc) is 3.01. The molecule has 0 aliphatic carbocycles. The Kier molecular flexibility index (Phi) is 1.93. The maximum Gasteiger partial charge on any atom is 0.295 e. The monoisotopic (exact) mass is 214 g/mol. The van der Waals surface area contributed by atoms with Gasteiger partial charge in [-0.25, -0.2) is 4.98 Å². The van der Waals surface area contributed by atoms with Crippen molar-refractivity contribution in [2.24, 2.45) is 0 Å². The van der Waals surface area contributed by atoms with Crippen LogP contribution in [0.5, 0.6) is 0 Å². The smallest absolute Gasteiger partial charge is 0.295 e. The highest BCUT2D eigenvalue weighted by Gasteiger charge is 2.12. The van der Waals surface area contributed by atoms with E-state index in [1.54, 1.807) is 18.5 Å². The molecular weight excluding hydrogens is 208 g/mol. The van der Waals surface area contributed by atoms with Gasteiger partial charge in [-0.3, -0.25) is 10.1 Å². The van der Waals surface area contributed by atoms with Crippen LogP contribution in [-0.4, -0.2) is 30.3 Å². The first-order valence-electron chi connectivity index (χ1n) is 4.53. The lowest BCUT2D eigenvalue weighted by atomic mass is 10.3. The summed E-state index contributed by atoms with van der Waals surface area (Å²) in [5.41, 5.74) is 0.789. The third kappa shape index (κ3) is 1.44. The molecule has 7 nitrogen and oxygen atoms in total. The minimum absolute atomic E-state index is 0.302. The van der Waals surface area contributed by atoms with Crippen molar-refractivity contribution in [3.8, 4) is 23.1 Å². The number of aromatic nitrogens is 6. The molecule has 0 atom stereocenters. The van der Waals surface area contributed by atoms with Crippen molar-refractivity contribution < 1.29 is 4.52 Å². The van der Waals surface area contributed by atoms with E-state index in [1.807, 2.05) is 6.07 Å². The Labute approximate surface area is 89.6 Å². The maximum absolute atomic E-state index is 5.04. The zero-order chi connectivity index (χ0) is 10.8. The van der Waals surface area contributed by atoms with Crippen LogP contribution < -0.4 is 0 Å². The second kappa shape index (κ2) is 3.54. The van der Waals surface area contributed by atoms with Crippen LogP contribution in [0.2, 0.25) is 0 Å². The summed E-state index contributed by atoms with van der Waals surface area (Å²) < 4.78 is 5.04. The molecule has 0 aromatic carbocycles. The molecule has 0 unspecified atom stereocenters. The zero-order valence-electron chi connectivity index (χ0n) is 8.03. The summed E-state index contributed by atoms with van der Waals surface area (Å²) >= 11 is 0. The van der Waals surface area contributed by atoms with Crippen LogP contribution in [0.3, 0.4) is 0 Å². The fraction of sp³-hybridized carbons (Fsp3) is 0. The number of pyridine rings is 1. The SMILES string of the molecule is c1cncc(-c2noc(-c3ncn[nH]3)n2)c1. The Hall–Kier alpha value is -2.57. The Bertz CT molecular complexity index is 573. The highest BCUT2D eigenvalue weighted by Crippen LogP contribution is 2.17. The number of hydrogen-bond acceptors (Lipinski definition) is 6. The van der Waals surface area contributed by atoms with Crippen LogP contribution in [-0.2, 0) is 0 Å². The third-order valence-corrected chi connectivity index (χ3v) is 1.96. The molecule has 3 heterocycles. The average molecular weight is 214 g/mol. The molecule has 1 N–H and O–H groups in total. The first kappa shape index (κ1) is 8.72. The lowest BCUT2D eigenvalue weighted by Crippen LogP contribution is -1.83. The molecule has 7 heteroatoms. The van der Waals surface area contributed by atoms with Crippen LogP contribution in [0.4, 0.5) is 0 Å². The van der Waals surface area contributed by atoms with E-state index in [0.717, 1.165) is 5.56 Å². The number of H-pyrrole nitrogens is 1. The van der Waals surface area contributed by atoms with Crippen LogP contribution in [0.1, 0.15) is 0 Å². The van der Waals surface area contributed by atoms with Gasteiger partial charge in [0.2, 0.25) is 11.6 Å². The summed E-state index contributed by atoms with van der Waals surface area (Å²) in [5, 5.41) is 10.2. The molecule has 3 rings (SSSR count). The van der Waals surface area contributed by atoms with Gasteiger partial charge in [0.05, 0.1) is 0 Å². The largest absolute Gasteiger partial charge is 0.330 e. The first-order valence-corrected chi connectivity index (χ1v) is 4.53. The van der Waals surface area contributed by atoms with Crippen molar-refractivity contribution in [2.45, 2.75) is 0 Å². The zero-order valence-corrected chi connectivity index (χ0v) is 8.03. The van der Waals surface area contributed by atoms with Gasteiger partial charge in [-0.2, -0.15) is 10.1 Å². The molecule has 0 radical (unpaired) electrons. The van der Waals surface area contributed by atoms with Gasteiger partial charge in [-0.15, -0.1) is 0 Å². The van der Waals surface area contributed by atoms with Gasteiger partial charge in [0.25, 0.3) is 5.89 Å². The summed E-state index contributed by atoms with van der Waals surface area (Å²) in [6.07, 6.45) is 4.72. The number of aromatic amines is 1. The predicted molar refractivity (Wildman–Crippen MR) is 52.9 cm³/mol. The van der Waals surface area contributed by atoms with E-state index < -0.39 is 0 Å². The van der Waals surface area contributed by atoms with E-state index in [2.05, 4.69) is 30.3 Å². The maximum atomic E-state index is 5.04. The summed E-state index contributed by atoms with van der Waals surface area (Å²) in [7, 11) is 0. The Morgan fingerprint density at radius 2 is 2.31 bits per heavy atom. The second-order valence-corrected chi connectivity index (χ2v) is 3.00. The van der Waals surface area contributed by atoms with Gasteiger partial charge < -0.3 is 4.52 Å². The van der Waals surface area contributed by atoms with E-state index in [9.17, 15) is 0 Å². The van der Waals surface area contributed by atoms with Gasteiger partial charge in [0, 0.05) is 18.0 Å². The van der Waals surface area contributed by atoms with Gasteiger partial charge in [0.1, 0.15) is 6.33 Å². The molecule has 0 bridgehead atoms. The van der Waals surface area contributed by atoms with Gasteiger partial charge in [0.15, 0.2) is 0 Å². The minimum Gasteiger partial charge on any atom is -0.330 e. The van der Waals surface area contributed by atoms with E-state index in [0.29, 0.717) is 17.5 Å². The van der Waals surface area contributed by atoms with Crippen molar-refractivity contribution in [2.75, 3.05) is 0 Å².